The number of benzene rings is 3. The second-order valence-electron chi connectivity index (χ2n) is 11.5. The Morgan fingerprint density at radius 3 is 1.61 bits per heavy atom. The molecule has 220 valence electrons. The number of hydrogen-bond acceptors (Lipinski definition) is 6. The molecule has 0 amide bonds. The van der Waals surface area contributed by atoms with Gasteiger partial charge in [-0.05, 0) is 55.7 Å². The summed E-state index contributed by atoms with van der Waals surface area (Å²) in [5, 5.41) is 3.92. The van der Waals surface area contributed by atoms with Crippen LogP contribution >= 0.6 is 11.6 Å². The number of halogens is 1. The Bertz CT molecular complexity index is 1330. The monoisotopic (exact) mass is 580 g/mol. The Morgan fingerprint density at radius 2 is 1.10 bits per heavy atom. The van der Waals surface area contributed by atoms with Crippen LogP contribution in [0.5, 0.6) is 11.5 Å². The quantitative estimate of drug-likeness (QED) is 0.158. The molecule has 5 rings (SSSR count). The van der Waals surface area contributed by atoms with E-state index in [4.69, 9.17) is 30.5 Å². The lowest BCUT2D eigenvalue weighted by Crippen LogP contribution is -2.18. The molecule has 2 aliphatic rings. The molecule has 0 aliphatic heterocycles. The molecule has 3 aromatic rings. The maximum atomic E-state index is 12.4. The van der Waals surface area contributed by atoms with Gasteiger partial charge in [0.25, 0.3) is 0 Å². The SMILES string of the molecule is O=C(CCOc1c2ccccc2c(OCCC(=O)OCC2CCCCC2)c2cc(Cl)ccc12)OCC1CCCCC1. The Hall–Kier alpha value is -2.99. The minimum absolute atomic E-state index is 0.171. The van der Waals surface area contributed by atoms with Gasteiger partial charge in [0.1, 0.15) is 11.5 Å². The molecule has 0 aromatic heterocycles. The van der Waals surface area contributed by atoms with Gasteiger partial charge >= 0.3 is 11.9 Å². The first-order valence-electron chi connectivity index (χ1n) is 15.3. The van der Waals surface area contributed by atoms with E-state index in [-0.39, 0.29) is 38.0 Å². The van der Waals surface area contributed by atoms with Gasteiger partial charge in [0.2, 0.25) is 0 Å². The van der Waals surface area contributed by atoms with E-state index in [1.165, 1.54) is 38.5 Å². The van der Waals surface area contributed by atoms with Crippen LogP contribution in [-0.2, 0) is 19.1 Å². The van der Waals surface area contributed by atoms with Crippen LogP contribution in [0, 0.1) is 11.8 Å². The third-order valence-corrected chi connectivity index (χ3v) is 8.64. The zero-order valence-corrected chi connectivity index (χ0v) is 24.6. The first-order valence-corrected chi connectivity index (χ1v) is 15.7. The summed E-state index contributed by atoms with van der Waals surface area (Å²) in [6.45, 7) is 1.41. The number of hydrogen-bond donors (Lipinski definition) is 0. The van der Waals surface area contributed by atoms with Gasteiger partial charge in [-0.3, -0.25) is 9.59 Å². The van der Waals surface area contributed by atoms with E-state index >= 15 is 0 Å². The lowest BCUT2D eigenvalue weighted by molar-refractivity contribution is -0.146. The van der Waals surface area contributed by atoms with Crippen LogP contribution < -0.4 is 9.47 Å². The molecule has 2 saturated carbocycles. The first-order chi connectivity index (χ1) is 20.1. The molecule has 6 nitrogen and oxygen atoms in total. The van der Waals surface area contributed by atoms with Crippen LogP contribution in [0.2, 0.25) is 5.02 Å². The molecule has 0 radical (unpaired) electrons. The van der Waals surface area contributed by atoms with E-state index in [1.807, 2.05) is 42.5 Å². The number of carbonyl (C=O) groups excluding carboxylic acids is 2. The molecule has 0 spiro atoms. The van der Waals surface area contributed by atoms with Crippen molar-refractivity contribution in [2.75, 3.05) is 26.4 Å². The first kappa shape index (κ1) is 29.5. The molecule has 0 bridgehead atoms. The van der Waals surface area contributed by atoms with Crippen molar-refractivity contribution in [1.29, 1.82) is 0 Å². The van der Waals surface area contributed by atoms with Crippen LogP contribution in [0.15, 0.2) is 42.5 Å². The maximum Gasteiger partial charge on any atom is 0.309 e. The summed E-state index contributed by atoms with van der Waals surface area (Å²) in [7, 11) is 0. The van der Waals surface area contributed by atoms with Gasteiger partial charge in [-0.15, -0.1) is 0 Å². The number of esters is 2. The Kier molecular flexibility index (Phi) is 10.6. The normalized spacial score (nSPS) is 16.5. The summed E-state index contributed by atoms with van der Waals surface area (Å²) < 4.78 is 23.6. The molecule has 7 heteroatoms. The van der Waals surface area contributed by atoms with Crippen molar-refractivity contribution < 1.29 is 28.5 Å². The van der Waals surface area contributed by atoms with E-state index in [9.17, 15) is 9.59 Å². The average molecular weight is 581 g/mol. The molecule has 41 heavy (non-hydrogen) atoms. The molecule has 0 unspecified atom stereocenters. The Morgan fingerprint density at radius 1 is 0.634 bits per heavy atom. The third-order valence-electron chi connectivity index (χ3n) is 8.40. The summed E-state index contributed by atoms with van der Waals surface area (Å²) in [6.07, 6.45) is 12.3. The fourth-order valence-corrected chi connectivity index (χ4v) is 6.30. The van der Waals surface area contributed by atoms with Gasteiger partial charge in [-0.25, -0.2) is 0 Å². The van der Waals surface area contributed by atoms with Crippen LogP contribution in [0.1, 0.15) is 77.0 Å². The molecule has 0 N–H and O–H groups in total. The highest BCUT2D eigenvalue weighted by Gasteiger charge is 2.20. The number of fused-ring (bicyclic) bond motifs is 2. The van der Waals surface area contributed by atoms with Crippen LogP contribution in [-0.4, -0.2) is 38.4 Å². The van der Waals surface area contributed by atoms with Gasteiger partial charge in [0.05, 0.1) is 39.3 Å². The third kappa shape index (κ3) is 8.06. The summed E-state index contributed by atoms with van der Waals surface area (Å²) in [5.74, 6) is 1.82. The summed E-state index contributed by atoms with van der Waals surface area (Å²) >= 11 is 6.41. The summed E-state index contributed by atoms with van der Waals surface area (Å²) in [5.41, 5.74) is 0. The number of ether oxygens (including phenoxy) is 4. The van der Waals surface area contributed by atoms with Crippen molar-refractivity contribution in [2.45, 2.75) is 77.0 Å². The number of rotatable bonds is 12. The Labute approximate surface area is 247 Å². The van der Waals surface area contributed by atoms with E-state index in [0.717, 1.165) is 47.2 Å². The van der Waals surface area contributed by atoms with Crippen molar-refractivity contribution in [1.82, 2.24) is 0 Å². The predicted molar refractivity (Wildman–Crippen MR) is 162 cm³/mol. The molecule has 0 heterocycles. The molecular weight excluding hydrogens is 540 g/mol. The molecule has 2 aliphatic carbocycles. The molecular formula is C34H41ClO6. The Balaban J connectivity index is 1.24. The zero-order chi connectivity index (χ0) is 28.4. The van der Waals surface area contributed by atoms with Gasteiger partial charge in [0, 0.05) is 26.6 Å². The van der Waals surface area contributed by atoms with E-state index in [2.05, 4.69) is 0 Å². The second-order valence-corrected chi connectivity index (χ2v) is 11.9. The highest BCUT2D eigenvalue weighted by molar-refractivity contribution is 6.31. The fourth-order valence-electron chi connectivity index (χ4n) is 6.13. The minimum Gasteiger partial charge on any atom is -0.492 e. The van der Waals surface area contributed by atoms with Crippen LogP contribution in [0.3, 0.4) is 0 Å². The van der Waals surface area contributed by atoms with Crippen molar-refractivity contribution in [3.05, 3.63) is 47.5 Å². The van der Waals surface area contributed by atoms with Gasteiger partial charge in [-0.1, -0.05) is 74.4 Å². The maximum absolute atomic E-state index is 12.4. The fraction of sp³-hybridized carbons (Fsp3) is 0.529. The summed E-state index contributed by atoms with van der Waals surface area (Å²) in [4.78, 5) is 24.9. The average Bonchev–Trinajstić information content (AvgIpc) is 3.01. The van der Waals surface area contributed by atoms with Crippen molar-refractivity contribution >= 4 is 45.1 Å². The predicted octanol–water partition coefficient (Wildman–Crippen LogP) is 8.43. The van der Waals surface area contributed by atoms with Gasteiger partial charge in [0.15, 0.2) is 0 Å². The standard InChI is InChI=1S/C34H41ClO6/c35-26-15-16-29-30(21-26)34(39-20-18-32(37)41-23-25-11-5-2-6-12-25)28-14-8-7-13-27(28)33(29)38-19-17-31(36)40-22-24-9-3-1-4-10-24/h7-8,13-16,21,24-25H,1-6,9-12,17-20,22-23H2. The van der Waals surface area contributed by atoms with Gasteiger partial charge < -0.3 is 18.9 Å². The lowest BCUT2D eigenvalue weighted by atomic mass is 9.90. The van der Waals surface area contributed by atoms with Crippen LogP contribution in [0.25, 0.3) is 21.5 Å². The highest BCUT2D eigenvalue weighted by atomic mass is 35.5. The molecule has 3 aromatic carbocycles. The molecule has 2 fully saturated rings. The minimum atomic E-state index is -0.238. The van der Waals surface area contributed by atoms with Gasteiger partial charge in [-0.2, -0.15) is 0 Å². The van der Waals surface area contributed by atoms with Crippen molar-refractivity contribution in [2.24, 2.45) is 11.8 Å². The molecule has 0 saturated heterocycles. The van der Waals surface area contributed by atoms with E-state index < -0.39 is 0 Å². The largest absolute Gasteiger partial charge is 0.492 e. The van der Waals surface area contributed by atoms with E-state index in [0.29, 0.717) is 41.6 Å². The van der Waals surface area contributed by atoms with Crippen LogP contribution in [0.4, 0.5) is 0 Å². The highest BCUT2D eigenvalue weighted by Crippen LogP contribution is 2.43. The lowest BCUT2D eigenvalue weighted by Gasteiger charge is -2.21. The zero-order valence-electron chi connectivity index (χ0n) is 23.8. The van der Waals surface area contributed by atoms with Crippen molar-refractivity contribution in [3.8, 4) is 11.5 Å². The van der Waals surface area contributed by atoms with E-state index in [1.54, 1.807) is 0 Å². The molecule has 0 atom stereocenters. The topological polar surface area (TPSA) is 71.1 Å². The smallest absolute Gasteiger partial charge is 0.309 e. The van der Waals surface area contributed by atoms with Crippen molar-refractivity contribution in [3.63, 3.8) is 0 Å². The summed E-state index contributed by atoms with van der Waals surface area (Å²) in [6, 6.07) is 13.4. The number of carbonyl (C=O) groups is 2. The second kappa shape index (κ2) is 14.8.